The predicted octanol–water partition coefficient (Wildman–Crippen LogP) is -0.313. The largest absolute Gasteiger partial charge is 0.391 e. The van der Waals surface area contributed by atoms with Crippen LogP contribution in [0.3, 0.4) is 0 Å². The minimum atomic E-state index is -3.34. The SMILES string of the molecule is O=S(=O)(NCC(O)C1CC1)N1CCCC1. The average molecular weight is 234 g/mol. The number of hydrogen-bond donors (Lipinski definition) is 2. The van der Waals surface area contributed by atoms with Gasteiger partial charge >= 0.3 is 0 Å². The van der Waals surface area contributed by atoms with Crippen molar-refractivity contribution in [3.63, 3.8) is 0 Å². The Morgan fingerprint density at radius 2 is 1.93 bits per heavy atom. The first-order chi connectivity index (χ1) is 7.09. The van der Waals surface area contributed by atoms with E-state index < -0.39 is 16.3 Å². The summed E-state index contributed by atoms with van der Waals surface area (Å²) in [5.74, 6) is 0.311. The highest BCUT2D eigenvalue weighted by atomic mass is 32.2. The standard InChI is InChI=1S/C9H18N2O3S/c12-9(8-3-4-8)7-10-15(13,14)11-5-1-2-6-11/h8-10,12H,1-7H2. The van der Waals surface area contributed by atoms with E-state index >= 15 is 0 Å². The predicted molar refractivity (Wildman–Crippen MR) is 56.5 cm³/mol. The minimum absolute atomic E-state index is 0.156. The van der Waals surface area contributed by atoms with E-state index in [1.807, 2.05) is 0 Å². The highest BCUT2D eigenvalue weighted by Gasteiger charge is 2.32. The number of aliphatic hydroxyl groups excluding tert-OH is 1. The second-order valence-electron chi connectivity index (χ2n) is 4.36. The quantitative estimate of drug-likeness (QED) is 0.685. The van der Waals surface area contributed by atoms with Gasteiger partial charge in [0.15, 0.2) is 0 Å². The van der Waals surface area contributed by atoms with Crippen LogP contribution in [0.2, 0.25) is 0 Å². The molecule has 0 amide bonds. The van der Waals surface area contributed by atoms with Crippen LogP contribution in [0.5, 0.6) is 0 Å². The maximum atomic E-state index is 11.7. The van der Waals surface area contributed by atoms with E-state index in [4.69, 9.17) is 0 Å². The average Bonchev–Trinajstić information content (AvgIpc) is 2.89. The number of hydrogen-bond acceptors (Lipinski definition) is 3. The van der Waals surface area contributed by atoms with Crippen LogP contribution in [0.15, 0.2) is 0 Å². The monoisotopic (exact) mass is 234 g/mol. The van der Waals surface area contributed by atoms with Gasteiger partial charge in [-0.3, -0.25) is 0 Å². The summed E-state index contributed by atoms with van der Waals surface area (Å²) in [4.78, 5) is 0. The number of nitrogens with one attached hydrogen (secondary N) is 1. The summed E-state index contributed by atoms with van der Waals surface area (Å²) in [5, 5.41) is 9.55. The highest BCUT2D eigenvalue weighted by Crippen LogP contribution is 2.32. The third kappa shape index (κ3) is 2.90. The van der Waals surface area contributed by atoms with Crippen LogP contribution in [0.25, 0.3) is 0 Å². The molecule has 0 aromatic carbocycles. The summed E-state index contributed by atoms with van der Waals surface area (Å²) < 4.78 is 27.3. The molecule has 2 aliphatic rings. The smallest absolute Gasteiger partial charge is 0.279 e. The van der Waals surface area contributed by atoms with Crippen molar-refractivity contribution in [1.82, 2.24) is 9.03 Å². The summed E-state index contributed by atoms with van der Waals surface area (Å²) in [5.41, 5.74) is 0. The first kappa shape index (κ1) is 11.3. The molecule has 1 aliphatic carbocycles. The molecule has 6 heteroatoms. The summed E-state index contributed by atoms with van der Waals surface area (Å²) in [6.45, 7) is 1.37. The molecule has 1 saturated carbocycles. The molecule has 0 bridgehead atoms. The van der Waals surface area contributed by atoms with Crippen molar-refractivity contribution in [3.8, 4) is 0 Å². The van der Waals surface area contributed by atoms with Gasteiger partial charge in [0.1, 0.15) is 0 Å². The lowest BCUT2D eigenvalue weighted by atomic mass is 10.2. The normalized spacial score (nSPS) is 25.7. The fourth-order valence-electron chi connectivity index (χ4n) is 1.86. The van der Waals surface area contributed by atoms with Crippen LogP contribution < -0.4 is 4.72 Å². The van der Waals surface area contributed by atoms with E-state index in [1.54, 1.807) is 0 Å². The van der Waals surface area contributed by atoms with Gasteiger partial charge in [0, 0.05) is 19.6 Å². The number of rotatable bonds is 5. The number of aliphatic hydroxyl groups is 1. The molecule has 2 fully saturated rings. The van der Waals surface area contributed by atoms with Crippen molar-refractivity contribution in [1.29, 1.82) is 0 Å². The van der Waals surface area contributed by atoms with E-state index in [9.17, 15) is 13.5 Å². The molecule has 0 aromatic heterocycles. The van der Waals surface area contributed by atoms with Crippen LogP contribution in [-0.2, 0) is 10.2 Å². The maximum Gasteiger partial charge on any atom is 0.279 e. The first-order valence-electron chi connectivity index (χ1n) is 5.52. The van der Waals surface area contributed by atoms with Gasteiger partial charge in [0.2, 0.25) is 0 Å². The molecule has 2 N–H and O–H groups in total. The Kier molecular flexibility index (Phi) is 3.30. The fourth-order valence-corrected chi connectivity index (χ4v) is 3.16. The Labute approximate surface area is 90.6 Å². The molecule has 0 aromatic rings. The van der Waals surface area contributed by atoms with Crippen molar-refractivity contribution < 1.29 is 13.5 Å². The van der Waals surface area contributed by atoms with Gasteiger partial charge in [0.05, 0.1) is 6.10 Å². The molecule has 5 nitrogen and oxygen atoms in total. The zero-order valence-electron chi connectivity index (χ0n) is 8.72. The van der Waals surface area contributed by atoms with Crippen LogP contribution in [0, 0.1) is 5.92 Å². The van der Waals surface area contributed by atoms with Crippen LogP contribution in [-0.4, -0.2) is 43.6 Å². The molecule has 1 heterocycles. The summed E-state index contributed by atoms with van der Waals surface area (Å²) in [6, 6.07) is 0. The second kappa shape index (κ2) is 4.37. The zero-order chi connectivity index (χ0) is 10.9. The number of nitrogens with zero attached hydrogens (tertiary/aromatic N) is 1. The highest BCUT2D eigenvalue weighted by molar-refractivity contribution is 7.87. The molecular formula is C9H18N2O3S. The van der Waals surface area contributed by atoms with E-state index in [2.05, 4.69) is 4.72 Å². The third-order valence-corrected chi connectivity index (χ3v) is 4.62. The first-order valence-corrected chi connectivity index (χ1v) is 6.96. The molecule has 0 radical (unpaired) electrons. The Hall–Kier alpha value is -0.170. The van der Waals surface area contributed by atoms with Crippen molar-refractivity contribution in [3.05, 3.63) is 0 Å². The lowest BCUT2D eigenvalue weighted by Crippen LogP contribution is -2.42. The summed E-state index contributed by atoms with van der Waals surface area (Å²) in [6.07, 6.45) is 3.40. The molecule has 15 heavy (non-hydrogen) atoms. The van der Waals surface area contributed by atoms with Gasteiger partial charge in [-0.1, -0.05) is 0 Å². The van der Waals surface area contributed by atoms with Crippen molar-refractivity contribution >= 4 is 10.2 Å². The van der Waals surface area contributed by atoms with Crippen LogP contribution in [0.4, 0.5) is 0 Å². The van der Waals surface area contributed by atoms with Crippen LogP contribution in [0.1, 0.15) is 25.7 Å². The Bertz CT molecular complexity index is 307. The molecule has 1 atom stereocenters. The topological polar surface area (TPSA) is 69.6 Å². The third-order valence-electron chi connectivity index (χ3n) is 3.05. The van der Waals surface area contributed by atoms with E-state index in [0.29, 0.717) is 19.0 Å². The van der Waals surface area contributed by atoms with Crippen molar-refractivity contribution in [2.24, 2.45) is 5.92 Å². The Morgan fingerprint density at radius 3 is 2.47 bits per heavy atom. The summed E-state index contributed by atoms with van der Waals surface area (Å²) >= 11 is 0. The molecule has 0 spiro atoms. The Balaban J connectivity index is 1.81. The molecular weight excluding hydrogens is 216 g/mol. The van der Waals surface area contributed by atoms with Gasteiger partial charge in [-0.2, -0.15) is 17.4 Å². The van der Waals surface area contributed by atoms with Crippen LogP contribution >= 0.6 is 0 Å². The molecule has 1 saturated heterocycles. The summed E-state index contributed by atoms with van der Waals surface area (Å²) in [7, 11) is -3.34. The molecule has 1 aliphatic heterocycles. The van der Waals surface area contributed by atoms with Crippen molar-refractivity contribution in [2.45, 2.75) is 31.8 Å². The lowest BCUT2D eigenvalue weighted by molar-refractivity contribution is 0.154. The van der Waals surface area contributed by atoms with E-state index in [-0.39, 0.29) is 6.54 Å². The minimum Gasteiger partial charge on any atom is -0.391 e. The van der Waals surface area contributed by atoms with Gasteiger partial charge in [-0.05, 0) is 31.6 Å². The van der Waals surface area contributed by atoms with Gasteiger partial charge in [-0.15, -0.1) is 0 Å². The second-order valence-corrected chi connectivity index (χ2v) is 6.12. The van der Waals surface area contributed by atoms with Gasteiger partial charge in [-0.25, -0.2) is 0 Å². The lowest BCUT2D eigenvalue weighted by Gasteiger charge is -2.17. The van der Waals surface area contributed by atoms with E-state index in [0.717, 1.165) is 25.7 Å². The maximum absolute atomic E-state index is 11.7. The zero-order valence-corrected chi connectivity index (χ0v) is 9.54. The molecule has 88 valence electrons. The van der Waals surface area contributed by atoms with Gasteiger partial charge < -0.3 is 5.11 Å². The molecule has 2 rings (SSSR count). The van der Waals surface area contributed by atoms with Crippen molar-refractivity contribution in [2.75, 3.05) is 19.6 Å². The fraction of sp³-hybridized carbons (Fsp3) is 1.00. The Morgan fingerprint density at radius 1 is 1.33 bits per heavy atom. The van der Waals surface area contributed by atoms with E-state index in [1.165, 1.54) is 4.31 Å². The molecule has 1 unspecified atom stereocenters. The van der Waals surface area contributed by atoms with Gasteiger partial charge in [0.25, 0.3) is 10.2 Å².